The van der Waals surface area contributed by atoms with Gasteiger partial charge < -0.3 is 14.6 Å². The van der Waals surface area contributed by atoms with Crippen LogP contribution in [0.4, 0.5) is 0 Å². The molecule has 0 amide bonds. The summed E-state index contributed by atoms with van der Waals surface area (Å²) in [5.41, 5.74) is 2.15. The number of hydrogen-bond acceptors (Lipinski definition) is 3. The van der Waals surface area contributed by atoms with Crippen LogP contribution in [0.25, 0.3) is 10.8 Å². The molecule has 2 atom stereocenters. The Morgan fingerprint density at radius 3 is 2.48 bits per heavy atom. The molecule has 3 aromatic rings. The average molecular weight is 336 g/mol. The lowest BCUT2D eigenvalue weighted by Gasteiger charge is -2.21. The van der Waals surface area contributed by atoms with Crippen LogP contribution in [0.5, 0.6) is 5.75 Å². The maximum atomic E-state index is 10.0. The van der Waals surface area contributed by atoms with Gasteiger partial charge in [0.05, 0.1) is 0 Å². The summed E-state index contributed by atoms with van der Waals surface area (Å²) in [7, 11) is 1.52. The van der Waals surface area contributed by atoms with E-state index in [4.69, 9.17) is 9.47 Å². The molecular weight excluding hydrogens is 312 g/mol. The molecule has 130 valence electrons. The number of hydrogen-bond donors (Lipinski definition) is 1. The second-order valence-corrected chi connectivity index (χ2v) is 6.18. The molecule has 0 spiro atoms. The van der Waals surface area contributed by atoms with E-state index in [0.717, 1.165) is 23.3 Å². The highest BCUT2D eigenvalue weighted by atomic mass is 16.6. The van der Waals surface area contributed by atoms with Crippen molar-refractivity contribution in [1.29, 1.82) is 0 Å². The zero-order valence-electron chi connectivity index (χ0n) is 14.7. The Bertz CT molecular complexity index is 828. The lowest BCUT2D eigenvalue weighted by Crippen LogP contribution is -2.19. The van der Waals surface area contributed by atoms with Crippen molar-refractivity contribution in [2.45, 2.75) is 32.2 Å². The van der Waals surface area contributed by atoms with E-state index in [1.807, 2.05) is 43.3 Å². The molecule has 0 heterocycles. The number of methoxy groups -OCH3 is 1. The molecule has 2 unspecified atom stereocenters. The zero-order valence-corrected chi connectivity index (χ0v) is 14.7. The number of fused-ring (bicyclic) bond motifs is 1. The Kier molecular flexibility index (Phi) is 5.69. The van der Waals surface area contributed by atoms with E-state index in [9.17, 15) is 5.11 Å². The van der Waals surface area contributed by atoms with E-state index in [1.165, 1.54) is 17.9 Å². The molecule has 0 saturated carbocycles. The molecule has 1 N–H and O–H groups in total. The van der Waals surface area contributed by atoms with Crippen LogP contribution in [0.3, 0.4) is 0 Å². The first-order valence-electron chi connectivity index (χ1n) is 8.62. The largest absolute Gasteiger partial charge is 0.489 e. The Hall–Kier alpha value is -2.36. The molecule has 0 aliphatic heterocycles. The Morgan fingerprint density at radius 2 is 1.72 bits per heavy atom. The molecule has 0 fully saturated rings. The van der Waals surface area contributed by atoms with Crippen LogP contribution in [0.2, 0.25) is 0 Å². The van der Waals surface area contributed by atoms with Crippen molar-refractivity contribution in [3.8, 4) is 5.75 Å². The fourth-order valence-electron chi connectivity index (χ4n) is 3.10. The highest BCUT2D eigenvalue weighted by molar-refractivity contribution is 5.82. The van der Waals surface area contributed by atoms with Gasteiger partial charge in [-0.2, -0.15) is 0 Å². The van der Waals surface area contributed by atoms with Crippen LogP contribution in [0, 0.1) is 0 Å². The first-order valence-corrected chi connectivity index (χ1v) is 8.62. The van der Waals surface area contributed by atoms with Gasteiger partial charge in [0.15, 0.2) is 6.29 Å². The van der Waals surface area contributed by atoms with Gasteiger partial charge in [-0.25, -0.2) is 0 Å². The first-order chi connectivity index (χ1) is 12.2. The summed E-state index contributed by atoms with van der Waals surface area (Å²) >= 11 is 0. The molecule has 0 aliphatic rings. The van der Waals surface area contributed by atoms with Crippen molar-refractivity contribution < 1.29 is 14.6 Å². The fourth-order valence-corrected chi connectivity index (χ4v) is 3.10. The highest BCUT2D eigenvalue weighted by Crippen LogP contribution is 2.27. The minimum Gasteiger partial charge on any atom is -0.489 e. The van der Waals surface area contributed by atoms with E-state index in [-0.39, 0.29) is 5.92 Å². The predicted molar refractivity (Wildman–Crippen MR) is 101 cm³/mol. The normalized spacial score (nSPS) is 13.6. The van der Waals surface area contributed by atoms with Gasteiger partial charge in [0.2, 0.25) is 0 Å². The second-order valence-electron chi connectivity index (χ2n) is 6.18. The molecule has 0 saturated heterocycles. The smallest absolute Gasteiger partial charge is 0.160 e. The summed E-state index contributed by atoms with van der Waals surface area (Å²) in [6, 6.07) is 22.5. The van der Waals surface area contributed by atoms with Crippen molar-refractivity contribution in [1.82, 2.24) is 0 Å². The summed E-state index contributed by atoms with van der Waals surface area (Å²) in [5, 5.41) is 12.5. The molecule has 3 nitrogen and oxygen atoms in total. The lowest BCUT2D eigenvalue weighted by molar-refractivity contribution is -0.0921. The summed E-state index contributed by atoms with van der Waals surface area (Å²) in [5.74, 6) is 0.738. The molecule has 3 heteroatoms. The van der Waals surface area contributed by atoms with E-state index in [0.29, 0.717) is 6.61 Å². The fraction of sp³-hybridized carbons (Fsp3) is 0.273. The summed E-state index contributed by atoms with van der Waals surface area (Å²) in [4.78, 5) is 0. The number of benzene rings is 3. The quantitative estimate of drug-likeness (QED) is 0.625. The van der Waals surface area contributed by atoms with Crippen molar-refractivity contribution >= 4 is 10.8 Å². The van der Waals surface area contributed by atoms with Crippen LogP contribution >= 0.6 is 0 Å². The Labute approximate surface area is 148 Å². The van der Waals surface area contributed by atoms with Gasteiger partial charge in [-0.05, 0) is 46.5 Å². The molecule has 0 radical (unpaired) electrons. The minimum atomic E-state index is -0.805. The SMILES string of the molecule is CCC(c1cccc(OCc2ccc3ccccc3c2)c1)C(O)OC. The summed E-state index contributed by atoms with van der Waals surface area (Å²) in [6.07, 6.45) is -0.0101. The molecule has 3 rings (SSSR count). The third-order valence-corrected chi connectivity index (χ3v) is 4.53. The van der Waals surface area contributed by atoms with Crippen LogP contribution in [0.15, 0.2) is 66.7 Å². The third-order valence-electron chi connectivity index (χ3n) is 4.53. The third kappa shape index (κ3) is 4.19. The standard InChI is InChI=1S/C22H24O3/c1-3-21(22(23)24-2)19-9-6-10-20(14-19)25-15-16-11-12-17-7-4-5-8-18(17)13-16/h4-14,21-23H,3,15H2,1-2H3. The molecule has 25 heavy (non-hydrogen) atoms. The van der Waals surface area contributed by atoms with Crippen molar-refractivity contribution in [3.63, 3.8) is 0 Å². The second kappa shape index (κ2) is 8.15. The predicted octanol–water partition coefficient (Wildman–Crippen LogP) is 4.88. The summed E-state index contributed by atoms with van der Waals surface area (Å²) < 4.78 is 11.0. The maximum absolute atomic E-state index is 10.0. The molecule has 0 aromatic heterocycles. The van der Waals surface area contributed by atoms with Crippen LogP contribution in [-0.4, -0.2) is 18.5 Å². The van der Waals surface area contributed by atoms with Crippen molar-refractivity contribution in [2.75, 3.05) is 7.11 Å². The Morgan fingerprint density at radius 1 is 0.920 bits per heavy atom. The lowest BCUT2D eigenvalue weighted by atomic mass is 9.95. The maximum Gasteiger partial charge on any atom is 0.160 e. The van der Waals surface area contributed by atoms with Crippen molar-refractivity contribution in [3.05, 3.63) is 77.9 Å². The Balaban J connectivity index is 1.73. The van der Waals surface area contributed by atoms with Crippen molar-refractivity contribution in [2.24, 2.45) is 0 Å². The summed E-state index contributed by atoms with van der Waals surface area (Å²) in [6.45, 7) is 2.55. The van der Waals surface area contributed by atoms with Crippen LogP contribution < -0.4 is 4.74 Å². The van der Waals surface area contributed by atoms with Crippen LogP contribution in [0.1, 0.15) is 30.4 Å². The van der Waals surface area contributed by atoms with E-state index < -0.39 is 6.29 Å². The van der Waals surface area contributed by atoms with Gasteiger partial charge in [0.1, 0.15) is 12.4 Å². The average Bonchev–Trinajstić information content (AvgIpc) is 2.67. The van der Waals surface area contributed by atoms with Gasteiger partial charge in [-0.3, -0.25) is 0 Å². The number of ether oxygens (including phenoxy) is 2. The highest BCUT2D eigenvalue weighted by Gasteiger charge is 2.19. The number of aliphatic hydroxyl groups is 1. The first kappa shape index (κ1) is 17.5. The van der Waals surface area contributed by atoms with E-state index >= 15 is 0 Å². The minimum absolute atomic E-state index is 0.0609. The molecular formula is C22H24O3. The molecule has 3 aromatic carbocycles. The number of rotatable bonds is 7. The monoisotopic (exact) mass is 336 g/mol. The van der Waals surface area contributed by atoms with Gasteiger partial charge in [-0.15, -0.1) is 0 Å². The molecule has 0 aliphatic carbocycles. The van der Waals surface area contributed by atoms with Gasteiger partial charge >= 0.3 is 0 Å². The zero-order chi connectivity index (χ0) is 17.6. The van der Waals surface area contributed by atoms with Gasteiger partial charge in [0.25, 0.3) is 0 Å². The van der Waals surface area contributed by atoms with Gasteiger partial charge in [0, 0.05) is 13.0 Å². The number of aliphatic hydroxyl groups excluding tert-OH is 1. The molecule has 0 bridgehead atoms. The van der Waals surface area contributed by atoms with E-state index in [2.05, 4.69) is 30.3 Å². The van der Waals surface area contributed by atoms with E-state index in [1.54, 1.807) is 0 Å². The topological polar surface area (TPSA) is 38.7 Å². The van der Waals surface area contributed by atoms with Crippen LogP contribution in [-0.2, 0) is 11.3 Å². The van der Waals surface area contributed by atoms with Gasteiger partial charge in [-0.1, -0.05) is 55.5 Å².